The average molecular weight is 265 g/mol. The molecular weight excluding hydrogens is 246 g/mol. The fraction of sp³-hybridized carbons (Fsp3) is 0.462. The molecule has 5 heteroatoms. The van der Waals surface area contributed by atoms with Gasteiger partial charge in [0.15, 0.2) is 0 Å². The van der Waals surface area contributed by atoms with E-state index in [1.807, 2.05) is 32.9 Å². The van der Waals surface area contributed by atoms with Gasteiger partial charge in [0.25, 0.3) is 0 Å². The number of benzene rings is 1. The van der Waals surface area contributed by atoms with Crippen molar-refractivity contribution in [2.45, 2.75) is 31.9 Å². The maximum Gasteiger partial charge on any atom is 0.136 e. The van der Waals surface area contributed by atoms with E-state index >= 15 is 0 Å². The van der Waals surface area contributed by atoms with Crippen LogP contribution in [0.25, 0.3) is 11.0 Å². The normalized spacial score (nSPS) is 14.0. The van der Waals surface area contributed by atoms with E-state index in [0.29, 0.717) is 6.54 Å². The minimum Gasteiger partial charge on any atom is -0.598 e. The van der Waals surface area contributed by atoms with Gasteiger partial charge in [-0.25, -0.2) is 4.98 Å². The minimum absolute atomic E-state index is 0.222. The molecule has 0 aliphatic rings. The molecule has 0 spiro atoms. The molecular formula is C13H19N3OS. The van der Waals surface area contributed by atoms with Crippen LogP contribution in [0.2, 0.25) is 0 Å². The number of rotatable bonds is 4. The smallest absolute Gasteiger partial charge is 0.136 e. The van der Waals surface area contributed by atoms with E-state index in [1.54, 1.807) is 6.33 Å². The second kappa shape index (κ2) is 5.30. The highest BCUT2D eigenvalue weighted by Crippen LogP contribution is 2.16. The number of imidazole rings is 1. The lowest BCUT2D eigenvalue weighted by atomic mass is 10.1. The molecule has 1 heterocycles. The van der Waals surface area contributed by atoms with Crippen molar-refractivity contribution in [1.29, 1.82) is 0 Å². The lowest BCUT2D eigenvalue weighted by molar-refractivity contribution is 0.544. The van der Waals surface area contributed by atoms with Gasteiger partial charge >= 0.3 is 0 Å². The topological polar surface area (TPSA) is 63.8 Å². The first kappa shape index (κ1) is 13.4. The maximum absolute atomic E-state index is 11.8. The molecule has 1 unspecified atom stereocenters. The van der Waals surface area contributed by atoms with Crippen molar-refractivity contribution in [3.05, 3.63) is 30.1 Å². The Labute approximate surface area is 111 Å². The number of fused-ring (bicyclic) bond motifs is 1. The number of nitrogens with one attached hydrogen (secondary N) is 2. The maximum atomic E-state index is 11.8. The first-order valence-corrected chi connectivity index (χ1v) is 7.20. The first-order chi connectivity index (χ1) is 8.48. The molecule has 1 aromatic carbocycles. The molecule has 0 fully saturated rings. The van der Waals surface area contributed by atoms with E-state index in [1.165, 1.54) is 5.56 Å². The molecule has 2 N–H and O–H groups in total. The summed E-state index contributed by atoms with van der Waals surface area (Å²) in [5.41, 5.74) is 3.24. The van der Waals surface area contributed by atoms with Crippen molar-refractivity contribution < 1.29 is 4.55 Å². The number of aromatic amines is 1. The zero-order valence-electron chi connectivity index (χ0n) is 11.0. The summed E-state index contributed by atoms with van der Waals surface area (Å²) < 4.78 is 14.7. The number of hydrogen-bond acceptors (Lipinski definition) is 3. The third-order valence-corrected chi connectivity index (χ3v) is 4.30. The molecule has 0 aliphatic carbocycles. The molecule has 1 atom stereocenters. The largest absolute Gasteiger partial charge is 0.598 e. The Balaban J connectivity index is 1.97. The SMILES string of the molecule is CC(C)(C)[S+]([O-])NCCc1cccc2nc[nH]c12. The lowest BCUT2D eigenvalue weighted by Gasteiger charge is -2.23. The monoisotopic (exact) mass is 265 g/mol. The van der Waals surface area contributed by atoms with Crippen LogP contribution in [0, 0.1) is 0 Å². The van der Waals surface area contributed by atoms with Crippen molar-refractivity contribution in [1.82, 2.24) is 14.7 Å². The molecule has 18 heavy (non-hydrogen) atoms. The summed E-state index contributed by atoms with van der Waals surface area (Å²) in [6.07, 6.45) is 2.54. The summed E-state index contributed by atoms with van der Waals surface area (Å²) in [7, 11) is 0. The summed E-state index contributed by atoms with van der Waals surface area (Å²) in [6.45, 7) is 6.59. The summed E-state index contributed by atoms with van der Waals surface area (Å²) in [5, 5.41) is 0. The molecule has 2 aromatic rings. The summed E-state index contributed by atoms with van der Waals surface area (Å²) >= 11 is -1.01. The van der Waals surface area contributed by atoms with E-state index in [0.717, 1.165) is 17.5 Å². The fourth-order valence-electron chi connectivity index (χ4n) is 1.73. The predicted molar refractivity (Wildman–Crippen MR) is 75.7 cm³/mol. The Bertz CT molecular complexity index is 518. The van der Waals surface area contributed by atoms with E-state index in [4.69, 9.17) is 0 Å². The quantitative estimate of drug-likeness (QED) is 0.833. The molecule has 0 saturated carbocycles. The Morgan fingerprint density at radius 2 is 2.17 bits per heavy atom. The van der Waals surface area contributed by atoms with Gasteiger partial charge in [0.05, 0.1) is 17.4 Å². The van der Waals surface area contributed by atoms with Crippen LogP contribution in [0.1, 0.15) is 26.3 Å². The van der Waals surface area contributed by atoms with Gasteiger partial charge in [-0.05, 0) is 38.8 Å². The van der Waals surface area contributed by atoms with Crippen LogP contribution in [0.5, 0.6) is 0 Å². The molecule has 0 saturated heterocycles. The summed E-state index contributed by atoms with van der Waals surface area (Å²) in [6, 6.07) is 6.05. The van der Waals surface area contributed by atoms with Gasteiger partial charge in [0.1, 0.15) is 4.75 Å². The first-order valence-electron chi connectivity index (χ1n) is 6.05. The van der Waals surface area contributed by atoms with Gasteiger partial charge < -0.3 is 9.54 Å². The van der Waals surface area contributed by atoms with Crippen LogP contribution in [0.4, 0.5) is 0 Å². The molecule has 1 aromatic heterocycles. The Morgan fingerprint density at radius 3 is 2.89 bits per heavy atom. The standard InChI is InChI=1S/C13H19N3OS/c1-13(2,3)18(17)16-8-7-10-5-4-6-11-12(10)15-9-14-11/h4-6,9,16H,7-8H2,1-3H3,(H,14,15). The third-order valence-electron chi connectivity index (χ3n) is 2.72. The second-order valence-corrected chi connectivity index (χ2v) is 7.29. The van der Waals surface area contributed by atoms with Crippen LogP contribution < -0.4 is 4.72 Å². The Kier molecular flexibility index (Phi) is 3.94. The van der Waals surface area contributed by atoms with Crippen molar-refractivity contribution in [2.75, 3.05) is 6.54 Å². The molecule has 0 radical (unpaired) electrons. The Morgan fingerprint density at radius 1 is 1.39 bits per heavy atom. The number of hydrogen-bond donors (Lipinski definition) is 2. The van der Waals surface area contributed by atoms with E-state index < -0.39 is 11.4 Å². The van der Waals surface area contributed by atoms with Crippen LogP contribution in [0.3, 0.4) is 0 Å². The van der Waals surface area contributed by atoms with Crippen LogP contribution in [0.15, 0.2) is 24.5 Å². The molecule has 0 bridgehead atoms. The fourth-order valence-corrected chi connectivity index (χ4v) is 2.45. The molecule has 2 rings (SSSR count). The summed E-state index contributed by atoms with van der Waals surface area (Å²) in [5.74, 6) is 0. The third kappa shape index (κ3) is 3.04. The molecule has 0 aliphatic heterocycles. The van der Waals surface area contributed by atoms with Crippen LogP contribution in [-0.4, -0.2) is 25.8 Å². The molecule has 0 amide bonds. The lowest BCUT2D eigenvalue weighted by Crippen LogP contribution is -2.40. The number of H-pyrrole nitrogens is 1. The zero-order chi connectivity index (χ0) is 13.2. The van der Waals surface area contributed by atoms with Crippen molar-refractivity contribution in [3.8, 4) is 0 Å². The van der Waals surface area contributed by atoms with Crippen molar-refractivity contribution in [2.24, 2.45) is 0 Å². The molecule has 4 nitrogen and oxygen atoms in total. The number of aromatic nitrogens is 2. The highest BCUT2D eigenvalue weighted by atomic mass is 32.2. The van der Waals surface area contributed by atoms with Gasteiger partial charge in [0.2, 0.25) is 0 Å². The highest BCUT2D eigenvalue weighted by molar-refractivity contribution is 7.90. The van der Waals surface area contributed by atoms with Gasteiger partial charge in [-0.3, -0.25) is 0 Å². The van der Waals surface area contributed by atoms with Gasteiger partial charge in [0, 0.05) is 17.9 Å². The average Bonchev–Trinajstić information content (AvgIpc) is 2.76. The molecule has 98 valence electrons. The highest BCUT2D eigenvalue weighted by Gasteiger charge is 2.25. The number of nitrogens with zero attached hydrogens (tertiary/aromatic N) is 1. The van der Waals surface area contributed by atoms with Gasteiger partial charge in [-0.1, -0.05) is 12.1 Å². The van der Waals surface area contributed by atoms with E-state index in [9.17, 15) is 4.55 Å². The summed E-state index contributed by atoms with van der Waals surface area (Å²) in [4.78, 5) is 7.37. The van der Waals surface area contributed by atoms with Crippen molar-refractivity contribution >= 4 is 22.4 Å². The number of para-hydroxylation sites is 1. The van der Waals surface area contributed by atoms with E-state index in [-0.39, 0.29) is 4.75 Å². The van der Waals surface area contributed by atoms with Gasteiger partial charge in [-0.2, -0.15) is 0 Å². The van der Waals surface area contributed by atoms with Gasteiger partial charge in [-0.15, -0.1) is 4.72 Å². The zero-order valence-corrected chi connectivity index (χ0v) is 11.8. The minimum atomic E-state index is -1.01. The second-order valence-electron chi connectivity index (χ2n) is 5.24. The van der Waals surface area contributed by atoms with Crippen molar-refractivity contribution in [3.63, 3.8) is 0 Å². The predicted octanol–water partition coefficient (Wildman–Crippen LogP) is 2.16. The van der Waals surface area contributed by atoms with Crippen LogP contribution in [-0.2, 0) is 17.8 Å². The Hall–Kier alpha value is -1.04. The van der Waals surface area contributed by atoms with E-state index in [2.05, 4.69) is 20.8 Å². The van der Waals surface area contributed by atoms with Crippen LogP contribution >= 0.6 is 0 Å².